The number of epoxide rings is 1. The molecule has 340 valence electrons. The van der Waals surface area contributed by atoms with E-state index in [9.17, 15) is 9.59 Å². The second kappa shape index (κ2) is 26.3. The van der Waals surface area contributed by atoms with Gasteiger partial charge in [0.1, 0.15) is 17.8 Å². The molecule has 3 aliphatic rings. The van der Waals surface area contributed by atoms with Gasteiger partial charge in [-0.25, -0.2) is 0 Å². The standard InChI is InChI=1S/C46H79NO12/c1-13-39(55-36(10)52-15-3)34(8)45-40(56-45)28-31(5)18-17-19-32(6)44-33(7)20-21-41(57-43(49)30-47-24-26-50-27-25-47)46(12,59-37(11)53-16-4)23-22-38(29-42(48)58-44)54-35(9)51-14-2/h17-21,31,33-41,44-45H,13-16,22-30H2,1-12H3/b18-17+,21-20+,32-19+. The Balaban J connectivity index is 1.85. The number of rotatable bonds is 23. The number of ether oxygens (including phenoxy) is 10. The molecule has 0 spiro atoms. The molecule has 0 saturated carbocycles. The van der Waals surface area contributed by atoms with Gasteiger partial charge >= 0.3 is 11.9 Å². The Kier molecular flexibility index (Phi) is 22.8. The van der Waals surface area contributed by atoms with Gasteiger partial charge < -0.3 is 47.4 Å². The monoisotopic (exact) mass is 838 g/mol. The maximum atomic E-state index is 13.7. The lowest BCUT2D eigenvalue weighted by Gasteiger charge is -2.39. The van der Waals surface area contributed by atoms with Crippen LogP contribution in [-0.2, 0) is 57.0 Å². The van der Waals surface area contributed by atoms with E-state index in [1.165, 1.54) is 0 Å². The van der Waals surface area contributed by atoms with Crippen LogP contribution in [0, 0.1) is 17.8 Å². The molecule has 2 saturated heterocycles. The third-order valence-corrected chi connectivity index (χ3v) is 11.4. The Hall–Kier alpha value is -2.20. The first-order valence-electron chi connectivity index (χ1n) is 22.3. The lowest BCUT2D eigenvalue weighted by atomic mass is 9.88. The molecular formula is C46H79NO12. The molecule has 13 unspecified atom stereocenters. The minimum absolute atomic E-state index is 0.0124. The van der Waals surface area contributed by atoms with Crippen molar-refractivity contribution < 1.29 is 57.0 Å². The highest BCUT2D eigenvalue weighted by Gasteiger charge is 2.46. The van der Waals surface area contributed by atoms with E-state index in [0.29, 0.717) is 59.0 Å². The predicted molar refractivity (Wildman–Crippen MR) is 226 cm³/mol. The van der Waals surface area contributed by atoms with Crippen LogP contribution in [0.15, 0.2) is 36.0 Å². The zero-order chi connectivity index (χ0) is 43.5. The molecule has 0 N–H and O–H groups in total. The molecule has 0 radical (unpaired) electrons. The summed E-state index contributed by atoms with van der Waals surface area (Å²) in [4.78, 5) is 29.3. The molecule has 0 aromatic carbocycles. The van der Waals surface area contributed by atoms with Crippen LogP contribution in [0.3, 0.4) is 0 Å². The van der Waals surface area contributed by atoms with E-state index in [1.54, 1.807) is 0 Å². The van der Waals surface area contributed by atoms with Crippen molar-refractivity contribution in [2.75, 3.05) is 52.7 Å². The van der Waals surface area contributed by atoms with Gasteiger partial charge in [-0.2, -0.15) is 0 Å². The van der Waals surface area contributed by atoms with Gasteiger partial charge in [0.2, 0.25) is 0 Å². The summed E-state index contributed by atoms with van der Waals surface area (Å²) in [5, 5.41) is 0. The fourth-order valence-electron chi connectivity index (χ4n) is 8.05. The lowest BCUT2D eigenvalue weighted by molar-refractivity contribution is -0.230. The van der Waals surface area contributed by atoms with Crippen LogP contribution in [0.2, 0.25) is 0 Å². The van der Waals surface area contributed by atoms with Crippen molar-refractivity contribution >= 4 is 11.9 Å². The second-order valence-corrected chi connectivity index (χ2v) is 16.5. The molecule has 3 aliphatic heterocycles. The summed E-state index contributed by atoms with van der Waals surface area (Å²) in [6.45, 7) is 27.9. The molecule has 13 heteroatoms. The van der Waals surface area contributed by atoms with Crippen LogP contribution in [0.4, 0.5) is 0 Å². The number of hydrogen-bond acceptors (Lipinski definition) is 13. The number of esters is 2. The number of cyclic esters (lactones) is 1. The fourth-order valence-corrected chi connectivity index (χ4v) is 8.05. The van der Waals surface area contributed by atoms with E-state index >= 15 is 0 Å². The van der Waals surface area contributed by atoms with Crippen molar-refractivity contribution in [3.05, 3.63) is 36.0 Å². The third-order valence-electron chi connectivity index (χ3n) is 11.4. The van der Waals surface area contributed by atoms with E-state index in [1.807, 2.05) is 91.5 Å². The van der Waals surface area contributed by atoms with Crippen LogP contribution in [0.5, 0.6) is 0 Å². The molecule has 3 heterocycles. The summed E-state index contributed by atoms with van der Waals surface area (Å²) in [6, 6.07) is 0. The van der Waals surface area contributed by atoms with Gasteiger partial charge in [0.15, 0.2) is 18.9 Å². The highest BCUT2D eigenvalue weighted by atomic mass is 16.7. The minimum atomic E-state index is -1.03. The summed E-state index contributed by atoms with van der Waals surface area (Å²) in [5.41, 5.74) is -0.153. The van der Waals surface area contributed by atoms with E-state index in [4.69, 9.17) is 47.4 Å². The van der Waals surface area contributed by atoms with Gasteiger partial charge in [-0.3, -0.25) is 14.5 Å². The van der Waals surface area contributed by atoms with Crippen LogP contribution in [0.1, 0.15) is 115 Å². The first-order chi connectivity index (χ1) is 28.1. The quantitative estimate of drug-likeness (QED) is 0.0330. The topological polar surface area (TPSA) is 133 Å². The molecule has 59 heavy (non-hydrogen) atoms. The number of carbonyl (C=O) groups is 2. The highest BCUT2D eigenvalue weighted by Crippen LogP contribution is 2.38. The van der Waals surface area contributed by atoms with Crippen molar-refractivity contribution in [2.45, 2.75) is 176 Å². The van der Waals surface area contributed by atoms with Gasteiger partial charge in [-0.1, -0.05) is 52.0 Å². The first-order valence-corrected chi connectivity index (χ1v) is 22.3. The molecule has 0 amide bonds. The van der Waals surface area contributed by atoms with Gasteiger partial charge in [-0.15, -0.1) is 0 Å². The van der Waals surface area contributed by atoms with E-state index < -0.39 is 36.5 Å². The lowest BCUT2D eigenvalue weighted by Crippen LogP contribution is -2.49. The zero-order valence-electron chi connectivity index (χ0n) is 38.4. The molecule has 13 nitrogen and oxygen atoms in total. The number of carbonyl (C=O) groups excluding carboxylic acids is 2. The number of allylic oxidation sites excluding steroid dienone is 3. The van der Waals surface area contributed by atoms with Crippen molar-refractivity contribution in [2.24, 2.45) is 17.8 Å². The second-order valence-electron chi connectivity index (χ2n) is 16.5. The van der Waals surface area contributed by atoms with Crippen LogP contribution in [0.25, 0.3) is 0 Å². The normalized spacial score (nSPS) is 31.3. The molecule has 3 rings (SSSR count). The molecular weight excluding hydrogens is 759 g/mol. The summed E-state index contributed by atoms with van der Waals surface area (Å²) < 4.78 is 60.4. The maximum absolute atomic E-state index is 13.7. The third kappa shape index (κ3) is 18.0. The number of morpholine rings is 1. The molecule has 0 aromatic rings. The molecule has 0 bridgehead atoms. The summed E-state index contributed by atoms with van der Waals surface area (Å²) in [7, 11) is 0. The molecule has 0 aromatic heterocycles. The largest absolute Gasteiger partial charge is 0.457 e. The molecule has 0 aliphatic carbocycles. The molecule has 13 atom stereocenters. The van der Waals surface area contributed by atoms with Crippen molar-refractivity contribution in [1.82, 2.24) is 4.90 Å². The Morgan fingerprint density at radius 2 is 1.63 bits per heavy atom. The van der Waals surface area contributed by atoms with Crippen LogP contribution in [-0.4, -0.2) is 131 Å². The molecule has 2 fully saturated rings. The Labute approximate surface area is 355 Å². The SMILES string of the molecule is CCOC(C)OC1CCC(C)(OC(C)OCC)C(OC(=O)CN2CCOCC2)/C=C/C(C)C(/C(C)=C/C=C/C(C)CC2OC2C(C)C(CC)OC(C)OCC)OC(=O)C1. The highest BCUT2D eigenvalue weighted by molar-refractivity contribution is 5.72. The van der Waals surface area contributed by atoms with E-state index in [-0.39, 0.29) is 67.3 Å². The van der Waals surface area contributed by atoms with E-state index in [2.05, 4.69) is 26.8 Å². The number of hydrogen-bond donors (Lipinski definition) is 0. The predicted octanol–water partition coefficient (Wildman–Crippen LogP) is 7.55. The summed E-state index contributed by atoms with van der Waals surface area (Å²) >= 11 is 0. The van der Waals surface area contributed by atoms with Gasteiger partial charge in [-0.05, 0) is 98.6 Å². The Morgan fingerprint density at radius 3 is 2.29 bits per heavy atom. The Bertz CT molecular complexity index is 1320. The summed E-state index contributed by atoms with van der Waals surface area (Å²) in [6.07, 6.45) is 9.77. The fraction of sp³-hybridized carbons (Fsp3) is 0.826. The first kappa shape index (κ1) is 51.2. The van der Waals surface area contributed by atoms with Crippen molar-refractivity contribution in [1.29, 1.82) is 0 Å². The average Bonchev–Trinajstić information content (AvgIpc) is 3.95. The minimum Gasteiger partial charge on any atom is -0.457 e. The van der Waals surface area contributed by atoms with Gasteiger partial charge in [0, 0.05) is 44.7 Å². The zero-order valence-corrected chi connectivity index (χ0v) is 38.4. The maximum Gasteiger partial charge on any atom is 0.320 e. The Morgan fingerprint density at radius 1 is 0.966 bits per heavy atom. The summed E-state index contributed by atoms with van der Waals surface area (Å²) in [5.74, 6) is -0.491. The van der Waals surface area contributed by atoms with Crippen molar-refractivity contribution in [3.63, 3.8) is 0 Å². The van der Waals surface area contributed by atoms with Gasteiger partial charge in [0.25, 0.3) is 0 Å². The van der Waals surface area contributed by atoms with Gasteiger partial charge in [0.05, 0.1) is 50.6 Å². The smallest absolute Gasteiger partial charge is 0.320 e. The van der Waals surface area contributed by atoms with Crippen LogP contribution >= 0.6 is 0 Å². The average molecular weight is 838 g/mol. The van der Waals surface area contributed by atoms with Crippen LogP contribution < -0.4 is 0 Å². The van der Waals surface area contributed by atoms with E-state index in [0.717, 1.165) is 18.4 Å². The number of nitrogens with zero attached hydrogens (tertiary/aromatic N) is 1. The van der Waals surface area contributed by atoms with Crippen molar-refractivity contribution in [3.8, 4) is 0 Å².